The SMILES string of the molecule is C[C@H]1OCCN[C@@H]1C(=O)Nc1ccc(CCN2CCCCC2)cc1. The number of anilines is 1. The number of piperidine rings is 1. The molecule has 24 heavy (non-hydrogen) atoms. The van der Waals surface area contributed by atoms with Crippen LogP contribution in [0.3, 0.4) is 0 Å². The van der Waals surface area contributed by atoms with E-state index in [1.54, 1.807) is 0 Å². The fraction of sp³-hybridized carbons (Fsp3) is 0.632. The minimum atomic E-state index is -0.280. The van der Waals surface area contributed by atoms with Crippen molar-refractivity contribution in [2.24, 2.45) is 0 Å². The van der Waals surface area contributed by atoms with E-state index in [9.17, 15) is 4.79 Å². The van der Waals surface area contributed by atoms with Crippen LogP contribution in [-0.4, -0.2) is 55.7 Å². The Morgan fingerprint density at radius 2 is 2.00 bits per heavy atom. The van der Waals surface area contributed by atoms with Crippen molar-refractivity contribution in [3.63, 3.8) is 0 Å². The Hall–Kier alpha value is -1.43. The number of ether oxygens (including phenoxy) is 1. The molecule has 2 fully saturated rings. The van der Waals surface area contributed by atoms with Crippen LogP contribution in [0.1, 0.15) is 31.7 Å². The third-order valence-corrected chi connectivity index (χ3v) is 4.99. The van der Waals surface area contributed by atoms with Gasteiger partial charge >= 0.3 is 0 Å². The monoisotopic (exact) mass is 331 g/mol. The van der Waals surface area contributed by atoms with Gasteiger partial charge in [0.15, 0.2) is 0 Å². The molecular formula is C19H29N3O2. The molecule has 2 heterocycles. The first kappa shape index (κ1) is 17.4. The lowest BCUT2D eigenvalue weighted by atomic mass is 10.1. The Balaban J connectivity index is 1.47. The van der Waals surface area contributed by atoms with Crippen LogP contribution in [0.25, 0.3) is 0 Å². The van der Waals surface area contributed by atoms with Crippen LogP contribution >= 0.6 is 0 Å². The first-order valence-corrected chi connectivity index (χ1v) is 9.19. The maximum Gasteiger partial charge on any atom is 0.244 e. The molecule has 0 aliphatic carbocycles. The number of rotatable bonds is 5. The summed E-state index contributed by atoms with van der Waals surface area (Å²) in [6.07, 6.45) is 5.03. The van der Waals surface area contributed by atoms with Gasteiger partial charge in [0.1, 0.15) is 6.04 Å². The van der Waals surface area contributed by atoms with E-state index >= 15 is 0 Å². The van der Waals surface area contributed by atoms with Crippen molar-refractivity contribution in [1.29, 1.82) is 0 Å². The fourth-order valence-electron chi connectivity index (χ4n) is 3.47. The third kappa shape index (κ3) is 4.79. The summed E-state index contributed by atoms with van der Waals surface area (Å²) in [7, 11) is 0. The second-order valence-electron chi connectivity index (χ2n) is 6.85. The number of nitrogens with zero attached hydrogens (tertiary/aromatic N) is 1. The molecule has 2 aliphatic heterocycles. The summed E-state index contributed by atoms with van der Waals surface area (Å²) in [4.78, 5) is 14.9. The zero-order valence-corrected chi connectivity index (χ0v) is 14.6. The highest BCUT2D eigenvalue weighted by atomic mass is 16.5. The molecule has 5 nitrogen and oxygen atoms in total. The zero-order chi connectivity index (χ0) is 16.8. The first-order valence-electron chi connectivity index (χ1n) is 9.19. The number of morpholine rings is 1. The van der Waals surface area contributed by atoms with Crippen LogP contribution in [0.5, 0.6) is 0 Å². The highest BCUT2D eigenvalue weighted by molar-refractivity contribution is 5.95. The summed E-state index contributed by atoms with van der Waals surface area (Å²) in [6, 6.07) is 7.95. The van der Waals surface area contributed by atoms with Crippen LogP contribution in [0.4, 0.5) is 5.69 Å². The summed E-state index contributed by atoms with van der Waals surface area (Å²) >= 11 is 0. The molecule has 1 aromatic rings. The molecule has 0 unspecified atom stereocenters. The molecule has 2 saturated heterocycles. The fourth-order valence-corrected chi connectivity index (χ4v) is 3.47. The number of carbonyl (C=O) groups excluding carboxylic acids is 1. The molecule has 132 valence electrons. The molecule has 2 atom stereocenters. The normalized spacial score (nSPS) is 25.4. The molecule has 2 N–H and O–H groups in total. The molecule has 0 radical (unpaired) electrons. The number of carbonyl (C=O) groups is 1. The van der Waals surface area contributed by atoms with Gasteiger partial charge in [0.2, 0.25) is 5.91 Å². The van der Waals surface area contributed by atoms with Crippen molar-refractivity contribution >= 4 is 11.6 Å². The van der Waals surface area contributed by atoms with E-state index in [1.807, 2.05) is 19.1 Å². The van der Waals surface area contributed by atoms with Crippen LogP contribution in [0.2, 0.25) is 0 Å². The third-order valence-electron chi connectivity index (χ3n) is 4.99. The average molecular weight is 331 g/mol. The quantitative estimate of drug-likeness (QED) is 0.867. The van der Waals surface area contributed by atoms with Gasteiger partial charge in [-0.1, -0.05) is 18.6 Å². The molecule has 1 amide bonds. The van der Waals surface area contributed by atoms with Crippen LogP contribution < -0.4 is 10.6 Å². The van der Waals surface area contributed by atoms with Crippen molar-refractivity contribution in [1.82, 2.24) is 10.2 Å². The minimum Gasteiger partial charge on any atom is -0.375 e. The molecular weight excluding hydrogens is 302 g/mol. The second kappa shape index (κ2) is 8.60. The molecule has 0 aromatic heterocycles. The summed E-state index contributed by atoms with van der Waals surface area (Å²) in [6.45, 7) is 6.92. The van der Waals surface area contributed by atoms with Gasteiger partial charge in [-0.05, 0) is 57.0 Å². The number of hydrogen-bond acceptors (Lipinski definition) is 4. The van der Waals surface area contributed by atoms with E-state index in [0.717, 1.165) is 25.2 Å². The lowest BCUT2D eigenvalue weighted by Gasteiger charge is -2.29. The smallest absolute Gasteiger partial charge is 0.244 e. The molecule has 1 aromatic carbocycles. The average Bonchev–Trinajstić information content (AvgIpc) is 2.62. The lowest BCUT2D eigenvalue weighted by molar-refractivity contribution is -0.123. The highest BCUT2D eigenvalue weighted by Crippen LogP contribution is 2.14. The van der Waals surface area contributed by atoms with E-state index in [-0.39, 0.29) is 18.1 Å². The van der Waals surface area contributed by atoms with Gasteiger partial charge in [-0.2, -0.15) is 0 Å². The van der Waals surface area contributed by atoms with Crippen LogP contribution in [0, 0.1) is 0 Å². The number of likely N-dealkylation sites (tertiary alicyclic amines) is 1. The Labute approximate surface area is 144 Å². The zero-order valence-electron chi connectivity index (χ0n) is 14.6. The second-order valence-corrected chi connectivity index (χ2v) is 6.85. The summed E-state index contributed by atoms with van der Waals surface area (Å²) in [5.74, 6) is -0.0248. The van der Waals surface area contributed by atoms with Gasteiger partial charge < -0.3 is 20.3 Å². The topological polar surface area (TPSA) is 53.6 Å². The van der Waals surface area contributed by atoms with Crippen LogP contribution in [0.15, 0.2) is 24.3 Å². The minimum absolute atomic E-state index is 0.0248. The van der Waals surface area contributed by atoms with Gasteiger partial charge in [-0.25, -0.2) is 0 Å². The summed E-state index contributed by atoms with van der Waals surface area (Å²) in [5, 5.41) is 6.20. The maximum absolute atomic E-state index is 12.3. The van der Waals surface area contributed by atoms with Gasteiger partial charge in [0, 0.05) is 18.8 Å². The van der Waals surface area contributed by atoms with E-state index in [0.29, 0.717) is 6.61 Å². The van der Waals surface area contributed by atoms with Crippen molar-refractivity contribution in [2.45, 2.75) is 44.8 Å². The van der Waals surface area contributed by atoms with Crippen molar-refractivity contribution in [2.75, 3.05) is 38.1 Å². The first-order chi connectivity index (χ1) is 11.7. The Bertz CT molecular complexity index is 526. The molecule has 3 rings (SSSR count). The van der Waals surface area contributed by atoms with Gasteiger partial charge in [0.25, 0.3) is 0 Å². The van der Waals surface area contributed by atoms with Crippen molar-refractivity contribution in [3.05, 3.63) is 29.8 Å². The Morgan fingerprint density at radius 3 is 2.71 bits per heavy atom. The summed E-state index contributed by atoms with van der Waals surface area (Å²) in [5.41, 5.74) is 2.17. The molecule has 0 saturated carbocycles. The molecule has 0 bridgehead atoms. The number of benzene rings is 1. The van der Waals surface area contributed by atoms with Crippen molar-refractivity contribution in [3.8, 4) is 0 Å². The molecule has 5 heteroatoms. The Kier molecular flexibility index (Phi) is 6.24. The van der Waals surface area contributed by atoms with E-state index in [4.69, 9.17) is 4.74 Å². The van der Waals surface area contributed by atoms with E-state index in [1.165, 1.54) is 37.9 Å². The predicted octanol–water partition coefficient (Wildman–Crippen LogP) is 2.03. The molecule has 2 aliphatic rings. The van der Waals surface area contributed by atoms with E-state index in [2.05, 4.69) is 27.7 Å². The Morgan fingerprint density at radius 1 is 1.25 bits per heavy atom. The van der Waals surface area contributed by atoms with Gasteiger partial charge in [0.05, 0.1) is 12.7 Å². The molecule has 0 spiro atoms. The van der Waals surface area contributed by atoms with E-state index < -0.39 is 0 Å². The van der Waals surface area contributed by atoms with Crippen LogP contribution in [-0.2, 0) is 16.0 Å². The lowest BCUT2D eigenvalue weighted by Crippen LogP contribution is -2.53. The van der Waals surface area contributed by atoms with Gasteiger partial charge in [-0.3, -0.25) is 4.79 Å². The van der Waals surface area contributed by atoms with Crippen molar-refractivity contribution < 1.29 is 9.53 Å². The standard InChI is InChI=1S/C19H29N3O2/c1-15-18(20-10-14-24-15)19(23)21-17-7-5-16(6-8-17)9-13-22-11-3-2-4-12-22/h5-8,15,18,20H,2-4,9-14H2,1H3,(H,21,23)/t15-,18+/m1/s1. The largest absolute Gasteiger partial charge is 0.375 e. The summed E-state index contributed by atoms with van der Waals surface area (Å²) < 4.78 is 5.53. The highest BCUT2D eigenvalue weighted by Gasteiger charge is 2.28. The number of amides is 1. The maximum atomic E-state index is 12.3. The predicted molar refractivity (Wildman–Crippen MR) is 96.3 cm³/mol. The van der Waals surface area contributed by atoms with Gasteiger partial charge in [-0.15, -0.1) is 0 Å². The number of hydrogen-bond donors (Lipinski definition) is 2. The number of nitrogens with one attached hydrogen (secondary N) is 2.